The lowest BCUT2D eigenvalue weighted by Crippen LogP contribution is -2.67. The van der Waals surface area contributed by atoms with E-state index in [-0.39, 0.29) is 24.5 Å². The lowest BCUT2D eigenvalue weighted by atomic mass is 10.2. The minimum absolute atomic E-state index is 0.0150. The van der Waals surface area contributed by atoms with Gasteiger partial charge in [0.05, 0.1) is 6.61 Å². The zero-order valence-electron chi connectivity index (χ0n) is 15.2. The molecule has 2 aromatic rings. The van der Waals surface area contributed by atoms with E-state index in [4.69, 9.17) is 4.43 Å². The number of carbonyl (C=O) groups excluding carboxylic acids is 1. The summed E-state index contributed by atoms with van der Waals surface area (Å²) >= 11 is 0. The largest absolute Gasteiger partial charge is 0.404 e. The van der Waals surface area contributed by atoms with Crippen LogP contribution in [0, 0.1) is 0 Å². The fourth-order valence-corrected chi connectivity index (χ4v) is 7.90. The second-order valence-electron chi connectivity index (χ2n) is 7.32. The highest BCUT2D eigenvalue weighted by Gasteiger charge is 2.50. The lowest BCUT2D eigenvalue weighted by Gasteiger charge is -2.43. The van der Waals surface area contributed by atoms with Gasteiger partial charge in [-0.1, -0.05) is 81.4 Å². The first kappa shape index (κ1) is 19.5. The minimum Gasteiger partial charge on any atom is -0.404 e. The summed E-state index contributed by atoms with van der Waals surface area (Å²) in [6.45, 7) is 6.51. The van der Waals surface area contributed by atoms with Gasteiger partial charge in [-0.25, -0.2) is 4.39 Å². The number of aldehydes is 1. The highest BCUT2D eigenvalue weighted by molar-refractivity contribution is 6.99. The van der Waals surface area contributed by atoms with Gasteiger partial charge >= 0.3 is 0 Å². The number of benzene rings is 2. The second kappa shape index (κ2) is 8.54. The summed E-state index contributed by atoms with van der Waals surface area (Å²) in [4.78, 5) is 10.5. The average molecular weight is 359 g/mol. The molecule has 1 atom stereocenters. The summed E-state index contributed by atoms with van der Waals surface area (Å²) in [6, 6.07) is 20.3. The molecule has 25 heavy (non-hydrogen) atoms. The number of hydrogen-bond acceptors (Lipinski definition) is 2. The Bertz CT molecular complexity index is 613. The average Bonchev–Trinajstić information content (AvgIpc) is 2.61. The normalized spacial score (nSPS) is 13.4. The van der Waals surface area contributed by atoms with E-state index in [1.54, 1.807) is 0 Å². The van der Waals surface area contributed by atoms with Crippen LogP contribution < -0.4 is 10.4 Å². The summed E-state index contributed by atoms with van der Waals surface area (Å²) in [6.07, 6.45) is 0.0643. The van der Waals surface area contributed by atoms with Crippen molar-refractivity contribution in [3.8, 4) is 0 Å². The Morgan fingerprint density at radius 2 is 1.48 bits per heavy atom. The summed E-state index contributed by atoms with van der Waals surface area (Å²) in [5, 5.41) is 2.10. The van der Waals surface area contributed by atoms with Gasteiger partial charge in [-0.3, -0.25) is 0 Å². The standard InChI is InChI=1S/C21H27FO2Si/c1-21(2,3)25(19-12-6-4-7-13-19,20-14-8-5-9-15-20)24-17-18(22)11-10-16-23/h4-9,12-16,18H,10-11,17H2,1-3H3. The van der Waals surface area contributed by atoms with Gasteiger partial charge in [-0.2, -0.15) is 0 Å². The molecule has 0 aliphatic rings. The summed E-state index contributed by atoms with van der Waals surface area (Å²) in [5.74, 6) is 0. The Labute approximate surface area is 151 Å². The van der Waals surface area contributed by atoms with Crippen molar-refractivity contribution in [2.75, 3.05) is 6.61 Å². The Hall–Kier alpha value is -1.78. The molecule has 0 saturated heterocycles. The molecule has 0 bridgehead atoms. The van der Waals surface area contributed by atoms with Crippen molar-refractivity contribution in [1.82, 2.24) is 0 Å². The number of halogens is 1. The van der Waals surface area contributed by atoms with Crippen LogP contribution in [-0.2, 0) is 9.22 Å². The Kier molecular flexibility index (Phi) is 6.68. The van der Waals surface area contributed by atoms with Crippen LogP contribution >= 0.6 is 0 Å². The van der Waals surface area contributed by atoms with E-state index >= 15 is 0 Å². The SMILES string of the molecule is CC(C)(C)[Si](OCC(F)CCC=O)(c1ccccc1)c1ccccc1. The van der Waals surface area contributed by atoms with Crippen molar-refractivity contribution in [1.29, 1.82) is 0 Å². The van der Waals surface area contributed by atoms with E-state index in [0.717, 1.165) is 16.7 Å². The van der Waals surface area contributed by atoms with Crippen LogP contribution in [-0.4, -0.2) is 27.4 Å². The molecule has 2 rings (SSSR count). The third kappa shape index (κ3) is 4.44. The van der Waals surface area contributed by atoms with E-state index in [9.17, 15) is 9.18 Å². The van der Waals surface area contributed by atoms with Gasteiger partial charge in [0, 0.05) is 6.42 Å². The maximum atomic E-state index is 14.3. The Balaban J connectivity index is 2.47. The van der Waals surface area contributed by atoms with E-state index in [0.29, 0.717) is 0 Å². The van der Waals surface area contributed by atoms with Gasteiger partial charge in [0.2, 0.25) is 0 Å². The molecule has 0 radical (unpaired) electrons. The number of hydrogen-bond donors (Lipinski definition) is 0. The van der Waals surface area contributed by atoms with Crippen LogP contribution in [0.4, 0.5) is 4.39 Å². The topological polar surface area (TPSA) is 26.3 Å². The van der Waals surface area contributed by atoms with E-state index in [1.165, 1.54) is 0 Å². The molecule has 0 spiro atoms. The van der Waals surface area contributed by atoms with Crippen molar-refractivity contribution < 1.29 is 13.6 Å². The second-order valence-corrected chi connectivity index (χ2v) is 11.6. The van der Waals surface area contributed by atoms with Crippen molar-refractivity contribution >= 4 is 25.0 Å². The van der Waals surface area contributed by atoms with Gasteiger partial charge in [0.1, 0.15) is 12.5 Å². The maximum absolute atomic E-state index is 14.3. The van der Waals surface area contributed by atoms with Crippen LogP contribution in [0.3, 0.4) is 0 Å². The van der Waals surface area contributed by atoms with Crippen molar-refractivity contribution in [3.05, 3.63) is 60.7 Å². The monoisotopic (exact) mass is 358 g/mol. The Morgan fingerprint density at radius 3 is 1.88 bits per heavy atom. The van der Waals surface area contributed by atoms with Crippen molar-refractivity contribution in [2.24, 2.45) is 0 Å². The summed E-state index contributed by atoms with van der Waals surface area (Å²) < 4.78 is 20.8. The molecule has 2 nitrogen and oxygen atoms in total. The van der Waals surface area contributed by atoms with Crippen LogP contribution in [0.1, 0.15) is 33.6 Å². The molecular weight excluding hydrogens is 331 g/mol. The minimum atomic E-state index is -2.68. The van der Waals surface area contributed by atoms with E-state index < -0.39 is 14.5 Å². The predicted octanol–water partition coefficient (Wildman–Crippen LogP) is 3.88. The molecule has 0 saturated carbocycles. The van der Waals surface area contributed by atoms with E-state index in [2.05, 4.69) is 45.0 Å². The zero-order chi connectivity index (χ0) is 18.3. The molecule has 0 N–H and O–H groups in total. The highest BCUT2D eigenvalue weighted by atomic mass is 28.4. The van der Waals surface area contributed by atoms with Crippen LogP contribution in [0.2, 0.25) is 5.04 Å². The fraction of sp³-hybridized carbons (Fsp3) is 0.381. The first-order chi connectivity index (χ1) is 11.9. The lowest BCUT2D eigenvalue weighted by molar-refractivity contribution is -0.108. The molecule has 0 heterocycles. The third-order valence-electron chi connectivity index (χ3n) is 4.50. The fourth-order valence-electron chi connectivity index (χ4n) is 3.31. The van der Waals surface area contributed by atoms with Crippen LogP contribution in [0.5, 0.6) is 0 Å². The van der Waals surface area contributed by atoms with Gasteiger partial charge in [-0.05, 0) is 21.8 Å². The van der Waals surface area contributed by atoms with Gasteiger partial charge < -0.3 is 9.22 Å². The molecule has 0 aliphatic carbocycles. The summed E-state index contributed by atoms with van der Waals surface area (Å²) in [7, 11) is -2.68. The van der Waals surface area contributed by atoms with Crippen LogP contribution in [0.15, 0.2) is 60.7 Å². The molecule has 1 unspecified atom stereocenters. The Morgan fingerprint density at radius 1 is 1.00 bits per heavy atom. The predicted molar refractivity (Wildman–Crippen MR) is 104 cm³/mol. The van der Waals surface area contributed by atoms with Gasteiger partial charge in [0.15, 0.2) is 0 Å². The third-order valence-corrected chi connectivity index (χ3v) is 9.50. The molecule has 0 amide bonds. The smallest absolute Gasteiger partial charge is 0.261 e. The molecule has 0 aliphatic heterocycles. The molecule has 2 aromatic carbocycles. The van der Waals surface area contributed by atoms with E-state index in [1.807, 2.05) is 36.4 Å². The summed E-state index contributed by atoms with van der Waals surface area (Å²) in [5.41, 5.74) is 0. The highest BCUT2D eigenvalue weighted by Crippen LogP contribution is 2.36. The first-order valence-electron chi connectivity index (χ1n) is 8.74. The van der Waals surface area contributed by atoms with Gasteiger partial charge in [-0.15, -0.1) is 0 Å². The van der Waals surface area contributed by atoms with Crippen molar-refractivity contribution in [3.63, 3.8) is 0 Å². The molecule has 134 valence electrons. The number of alkyl halides is 1. The van der Waals surface area contributed by atoms with Gasteiger partial charge in [0.25, 0.3) is 8.32 Å². The molecule has 0 aromatic heterocycles. The van der Waals surface area contributed by atoms with Crippen molar-refractivity contribution in [2.45, 2.75) is 44.8 Å². The molecule has 0 fully saturated rings. The number of carbonyl (C=O) groups is 1. The first-order valence-corrected chi connectivity index (χ1v) is 10.7. The van der Waals surface area contributed by atoms with Crippen LogP contribution in [0.25, 0.3) is 0 Å². The molecular formula is C21H27FO2Si. The molecule has 4 heteroatoms. The zero-order valence-corrected chi connectivity index (χ0v) is 16.2. The number of rotatable bonds is 8. The quantitative estimate of drug-likeness (QED) is 0.529. The maximum Gasteiger partial charge on any atom is 0.261 e.